The topological polar surface area (TPSA) is 44.9 Å². The Morgan fingerprint density at radius 1 is 1.19 bits per heavy atom. The van der Waals surface area contributed by atoms with Gasteiger partial charge in [-0.1, -0.05) is 36.4 Å². The average Bonchev–Trinajstić information content (AvgIpc) is 3.11. The van der Waals surface area contributed by atoms with Crippen LogP contribution >= 0.6 is 11.8 Å². The number of carbonyl (C=O) groups is 1. The van der Waals surface area contributed by atoms with Crippen LogP contribution in [0.5, 0.6) is 0 Å². The van der Waals surface area contributed by atoms with Crippen LogP contribution in [0.3, 0.4) is 0 Å². The molecule has 2 aromatic carbocycles. The lowest BCUT2D eigenvalue weighted by molar-refractivity contribution is -0.118. The smallest absolute Gasteiger partial charge is 0.159 e. The molecule has 5 heteroatoms. The molecule has 0 saturated carbocycles. The maximum Gasteiger partial charge on any atom is 0.159 e. The van der Waals surface area contributed by atoms with Crippen molar-refractivity contribution in [1.82, 2.24) is 10.3 Å². The Balaban J connectivity index is 1.34. The van der Waals surface area contributed by atoms with Gasteiger partial charge in [-0.15, -0.1) is 11.8 Å². The van der Waals surface area contributed by atoms with Crippen molar-refractivity contribution in [3.8, 4) is 0 Å². The molecule has 0 fully saturated rings. The Morgan fingerprint density at radius 2 is 2.04 bits per heavy atom. The average molecular weight is 380 g/mol. The highest BCUT2D eigenvalue weighted by atomic mass is 32.2. The normalized spacial score (nSPS) is 17.1. The minimum absolute atomic E-state index is 0.141. The fraction of sp³-hybridized carbons (Fsp3) is 0.227. The molecule has 0 spiro atoms. The van der Waals surface area contributed by atoms with Gasteiger partial charge in [0.25, 0.3) is 0 Å². The van der Waals surface area contributed by atoms with Gasteiger partial charge in [0, 0.05) is 29.4 Å². The summed E-state index contributed by atoms with van der Waals surface area (Å²) in [5.74, 6) is 1.11. The second-order valence-corrected chi connectivity index (χ2v) is 7.71. The van der Waals surface area contributed by atoms with Gasteiger partial charge in [0.2, 0.25) is 0 Å². The van der Waals surface area contributed by atoms with E-state index in [4.69, 9.17) is 0 Å². The number of ketones is 1. The van der Waals surface area contributed by atoms with Gasteiger partial charge in [-0.3, -0.25) is 4.79 Å². The van der Waals surface area contributed by atoms with E-state index in [1.165, 1.54) is 17.2 Å². The van der Waals surface area contributed by atoms with Crippen molar-refractivity contribution in [2.75, 3.05) is 12.3 Å². The van der Waals surface area contributed by atoms with Crippen LogP contribution < -0.4 is 5.32 Å². The summed E-state index contributed by atoms with van der Waals surface area (Å²) in [5, 5.41) is 4.19. The molecule has 0 amide bonds. The van der Waals surface area contributed by atoms with E-state index < -0.39 is 0 Å². The van der Waals surface area contributed by atoms with E-state index in [1.54, 1.807) is 23.9 Å². The molecule has 1 unspecified atom stereocenters. The van der Waals surface area contributed by atoms with E-state index in [0.29, 0.717) is 18.1 Å². The van der Waals surface area contributed by atoms with Crippen LogP contribution in [-0.4, -0.2) is 29.1 Å². The first-order valence-corrected chi connectivity index (χ1v) is 10.2. The first-order chi connectivity index (χ1) is 13.2. The summed E-state index contributed by atoms with van der Waals surface area (Å²) < 4.78 is 13.5. The highest BCUT2D eigenvalue weighted by Gasteiger charge is 2.22. The van der Waals surface area contributed by atoms with Crippen LogP contribution in [0.1, 0.15) is 17.5 Å². The Kier molecular flexibility index (Phi) is 5.41. The van der Waals surface area contributed by atoms with E-state index in [9.17, 15) is 9.18 Å². The number of hydrogen-bond donors (Lipinski definition) is 2. The van der Waals surface area contributed by atoms with Gasteiger partial charge in [0.15, 0.2) is 5.78 Å². The molecule has 0 bridgehead atoms. The van der Waals surface area contributed by atoms with Crippen LogP contribution in [0.4, 0.5) is 4.39 Å². The van der Waals surface area contributed by atoms with E-state index in [-0.39, 0.29) is 17.6 Å². The van der Waals surface area contributed by atoms with E-state index in [0.717, 1.165) is 22.9 Å². The van der Waals surface area contributed by atoms with Gasteiger partial charge < -0.3 is 10.3 Å². The molecule has 3 aromatic rings. The van der Waals surface area contributed by atoms with E-state index in [1.807, 2.05) is 24.4 Å². The zero-order valence-corrected chi connectivity index (χ0v) is 15.7. The maximum absolute atomic E-state index is 13.5. The monoisotopic (exact) mass is 380 g/mol. The summed E-state index contributed by atoms with van der Waals surface area (Å²) in [4.78, 5) is 15.8. The molecule has 0 radical (unpaired) electrons. The molecule has 4 rings (SSSR count). The van der Waals surface area contributed by atoms with Gasteiger partial charge in [-0.2, -0.15) is 0 Å². The van der Waals surface area contributed by atoms with Gasteiger partial charge in [-0.05, 0) is 41.3 Å². The number of halogens is 1. The highest BCUT2D eigenvalue weighted by Crippen LogP contribution is 2.26. The second kappa shape index (κ2) is 8.11. The molecular formula is C22H21FN2OS. The summed E-state index contributed by atoms with van der Waals surface area (Å²) in [6.45, 7) is 0.715. The van der Waals surface area contributed by atoms with Crippen LogP contribution in [0.15, 0.2) is 60.8 Å². The molecule has 2 N–H and O–H groups in total. The molecule has 1 aliphatic rings. The lowest BCUT2D eigenvalue weighted by Gasteiger charge is -2.23. The first kappa shape index (κ1) is 18.0. The maximum atomic E-state index is 13.5. The summed E-state index contributed by atoms with van der Waals surface area (Å²) in [6.07, 6.45) is 4.78. The summed E-state index contributed by atoms with van der Waals surface area (Å²) in [6, 6.07) is 14.8. The van der Waals surface area contributed by atoms with Crippen LogP contribution in [0, 0.1) is 5.82 Å². The van der Waals surface area contributed by atoms with E-state index >= 15 is 0 Å². The molecule has 1 aliphatic heterocycles. The third-order valence-electron chi connectivity index (χ3n) is 4.90. The van der Waals surface area contributed by atoms with Gasteiger partial charge in [0.05, 0.1) is 11.8 Å². The van der Waals surface area contributed by atoms with Crippen molar-refractivity contribution < 1.29 is 9.18 Å². The molecule has 1 atom stereocenters. The number of Topliss-reactive ketones (excluding diaryl/α,β-unsaturated/α-hetero) is 1. The predicted molar refractivity (Wildman–Crippen MR) is 110 cm³/mol. The molecule has 27 heavy (non-hydrogen) atoms. The van der Waals surface area contributed by atoms with Crippen LogP contribution in [-0.2, 0) is 10.5 Å². The van der Waals surface area contributed by atoms with Crippen molar-refractivity contribution in [2.24, 2.45) is 0 Å². The Labute approximate surface area is 162 Å². The SMILES string of the molecule is O=C(CSCc1c[nH]c2ccc(F)cc12)C1CC(c2ccccc2)=CCN1. The van der Waals surface area contributed by atoms with Crippen molar-refractivity contribution in [3.05, 3.63) is 77.7 Å². The number of thioether (sulfide) groups is 1. The standard InChI is InChI=1S/C22H21FN2OS/c23-18-6-7-20-19(11-18)17(12-25-20)13-27-14-22(26)21-10-16(8-9-24-21)15-4-2-1-3-5-15/h1-8,11-12,21,24-25H,9-10,13-14H2. The Bertz CT molecular complexity index is 980. The number of nitrogens with one attached hydrogen (secondary N) is 2. The molecule has 0 saturated heterocycles. The summed E-state index contributed by atoms with van der Waals surface area (Å²) in [7, 11) is 0. The van der Waals surface area contributed by atoms with Crippen molar-refractivity contribution >= 4 is 34.0 Å². The lowest BCUT2D eigenvalue weighted by atomic mass is 9.94. The number of H-pyrrole nitrogens is 1. The first-order valence-electron chi connectivity index (χ1n) is 9.04. The Morgan fingerprint density at radius 3 is 2.89 bits per heavy atom. The number of fused-ring (bicyclic) bond motifs is 1. The highest BCUT2D eigenvalue weighted by molar-refractivity contribution is 7.99. The zero-order valence-electron chi connectivity index (χ0n) is 14.9. The fourth-order valence-electron chi connectivity index (χ4n) is 3.45. The zero-order chi connectivity index (χ0) is 18.6. The van der Waals surface area contributed by atoms with Gasteiger partial charge >= 0.3 is 0 Å². The number of aromatic amines is 1. The third kappa shape index (κ3) is 4.15. The van der Waals surface area contributed by atoms with E-state index in [2.05, 4.69) is 28.5 Å². The number of carbonyl (C=O) groups excluding carboxylic acids is 1. The third-order valence-corrected chi connectivity index (χ3v) is 5.91. The minimum atomic E-state index is -0.240. The molecule has 138 valence electrons. The van der Waals surface area contributed by atoms with Crippen molar-refractivity contribution in [1.29, 1.82) is 0 Å². The lowest BCUT2D eigenvalue weighted by Crippen LogP contribution is -2.40. The van der Waals surface area contributed by atoms with Gasteiger partial charge in [0.1, 0.15) is 5.82 Å². The van der Waals surface area contributed by atoms with Gasteiger partial charge in [-0.25, -0.2) is 4.39 Å². The molecular weight excluding hydrogens is 359 g/mol. The minimum Gasteiger partial charge on any atom is -0.361 e. The quantitative estimate of drug-likeness (QED) is 0.659. The molecule has 0 aliphatic carbocycles. The predicted octanol–water partition coefficient (Wildman–Crippen LogP) is 4.55. The number of aromatic nitrogens is 1. The van der Waals surface area contributed by atoms with Crippen LogP contribution in [0.25, 0.3) is 16.5 Å². The largest absolute Gasteiger partial charge is 0.361 e. The van der Waals surface area contributed by atoms with Crippen LogP contribution in [0.2, 0.25) is 0 Å². The molecule has 1 aromatic heterocycles. The molecule has 2 heterocycles. The molecule has 3 nitrogen and oxygen atoms in total. The number of rotatable bonds is 6. The van der Waals surface area contributed by atoms with Crippen molar-refractivity contribution in [3.63, 3.8) is 0 Å². The summed E-state index contributed by atoms with van der Waals surface area (Å²) >= 11 is 1.58. The Hall–Kier alpha value is -2.37. The number of benzene rings is 2. The van der Waals surface area contributed by atoms with Crippen molar-refractivity contribution in [2.45, 2.75) is 18.2 Å². The fourth-order valence-corrected chi connectivity index (χ4v) is 4.41. The second-order valence-electron chi connectivity index (χ2n) is 6.72. The summed E-state index contributed by atoms with van der Waals surface area (Å²) in [5.41, 5.74) is 4.36. The number of hydrogen-bond acceptors (Lipinski definition) is 3.